The van der Waals surface area contributed by atoms with Crippen molar-refractivity contribution in [1.82, 2.24) is 5.32 Å². The van der Waals surface area contributed by atoms with Gasteiger partial charge in [-0.3, -0.25) is 0 Å². The van der Waals surface area contributed by atoms with E-state index < -0.39 is 17.6 Å². The predicted molar refractivity (Wildman–Crippen MR) is 70.1 cm³/mol. The van der Waals surface area contributed by atoms with Crippen LogP contribution in [-0.2, 0) is 6.18 Å². The highest BCUT2D eigenvalue weighted by Gasteiger charge is 2.31. The maximum atomic E-state index is 13.6. The third-order valence-corrected chi connectivity index (χ3v) is 3.56. The van der Waals surface area contributed by atoms with Crippen molar-refractivity contribution in [2.75, 3.05) is 25.0 Å². The number of halogens is 4. The minimum Gasteiger partial charge on any atom is -0.383 e. The highest BCUT2D eigenvalue weighted by molar-refractivity contribution is 5.46. The van der Waals surface area contributed by atoms with Gasteiger partial charge in [0.2, 0.25) is 0 Å². The molecule has 1 aromatic rings. The predicted octanol–water partition coefficient (Wildman–Crippen LogP) is 3.65. The van der Waals surface area contributed by atoms with E-state index in [2.05, 4.69) is 10.6 Å². The van der Waals surface area contributed by atoms with Crippen molar-refractivity contribution in [2.45, 2.75) is 25.4 Å². The zero-order valence-corrected chi connectivity index (χ0v) is 11.1. The van der Waals surface area contributed by atoms with Gasteiger partial charge in [-0.1, -0.05) is 0 Å². The molecule has 0 spiro atoms. The first-order chi connectivity index (χ1) is 9.47. The molecule has 2 nitrogen and oxygen atoms in total. The number of nitrogens with one attached hydrogen (secondary N) is 2. The second-order valence-electron chi connectivity index (χ2n) is 5.12. The van der Waals surface area contributed by atoms with Gasteiger partial charge in [0.25, 0.3) is 0 Å². The minimum atomic E-state index is -4.51. The summed E-state index contributed by atoms with van der Waals surface area (Å²) in [5.41, 5.74) is -0.834. The van der Waals surface area contributed by atoms with E-state index in [1.54, 1.807) is 0 Å². The molecule has 2 N–H and O–H groups in total. The van der Waals surface area contributed by atoms with Crippen LogP contribution in [0.2, 0.25) is 0 Å². The number of hydrogen-bond acceptors (Lipinski definition) is 2. The average molecular weight is 290 g/mol. The van der Waals surface area contributed by atoms with Gasteiger partial charge in [-0.2, -0.15) is 13.2 Å². The molecule has 1 atom stereocenters. The summed E-state index contributed by atoms with van der Waals surface area (Å²) in [5.74, 6) is -0.310. The van der Waals surface area contributed by atoms with Crippen LogP contribution in [0.15, 0.2) is 18.2 Å². The summed E-state index contributed by atoms with van der Waals surface area (Å²) in [6, 6.07) is 2.58. The van der Waals surface area contributed by atoms with Gasteiger partial charge >= 0.3 is 6.18 Å². The molecule has 1 aliphatic rings. The Morgan fingerprint density at radius 2 is 2.10 bits per heavy atom. The maximum Gasteiger partial charge on any atom is 0.416 e. The molecule has 20 heavy (non-hydrogen) atoms. The van der Waals surface area contributed by atoms with Crippen LogP contribution in [0.4, 0.5) is 23.2 Å². The number of rotatable bonds is 4. The van der Waals surface area contributed by atoms with E-state index in [4.69, 9.17) is 0 Å². The summed E-state index contributed by atoms with van der Waals surface area (Å²) in [6.07, 6.45) is -1.34. The van der Waals surface area contributed by atoms with Crippen molar-refractivity contribution < 1.29 is 17.6 Å². The van der Waals surface area contributed by atoms with E-state index in [1.807, 2.05) is 0 Å². The topological polar surface area (TPSA) is 24.1 Å². The van der Waals surface area contributed by atoms with E-state index in [-0.39, 0.29) is 5.69 Å². The lowest BCUT2D eigenvalue weighted by molar-refractivity contribution is -0.137. The number of piperidine rings is 1. The fourth-order valence-corrected chi connectivity index (χ4v) is 2.42. The van der Waals surface area contributed by atoms with Crippen molar-refractivity contribution in [3.8, 4) is 0 Å². The van der Waals surface area contributed by atoms with Crippen LogP contribution in [0.5, 0.6) is 0 Å². The van der Waals surface area contributed by atoms with Crippen LogP contribution in [0.1, 0.15) is 24.8 Å². The number of anilines is 1. The normalized spacial score (nSPS) is 19.9. The van der Waals surface area contributed by atoms with E-state index in [9.17, 15) is 17.6 Å². The van der Waals surface area contributed by atoms with Gasteiger partial charge in [-0.05, 0) is 56.5 Å². The fourth-order valence-electron chi connectivity index (χ4n) is 2.42. The third-order valence-electron chi connectivity index (χ3n) is 3.56. The Morgan fingerprint density at radius 1 is 1.30 bits per heavy atom. The summed E-state index contributed by atoms with van der Waals surface area (Å²) in [7, 11) is 0. The Balaban J connectivity index is 1.86. The molecule has 0 aromatic heterocycles. The van der Waals surface area contributed by atoms with Gasteiger partial charge in [-0.15, -0.1) is 0 Å². The summed E-state index contributed by atoms with van der Waals surface area (Å²) in [6.45, 7) is 2.56. The second kappa shape index (κ2) is 6.43. The number of alkyl halides is 3. The van der Waals surface area contributed by atoms with E-state index >= 15 is 0 Å². The largest absolute Gasteiger partial charge is 0.416 e. The van der Waals surface area contributed by atoms with E-state index in [1.165, 1.54) is 0 Å². The van der Waals surface area contributed by atoms with Gasteiger partial charge in [-0.25, -0.2) is 4.39 Å². The lowest BCUT2D eigenvalue weighted by Crippen LogP contribution is -2.30. The monoisotopic (exact) mass is 290 g/mol. The highest BCUT2D eigenvalue weighted by Crippen LogP contribution is 2.31. The Labute approximate surface area is 115 Å². The summed E-state index contributed by atoms with van der Waals surface area (Å²) >= 11 is 0. The van der Waals surface area contributed by atoms with Gasteiger partial charge < -0.3 is 10.6 Å². The van der Waals surface area contributed by atoms with Crippen LogP contribution in [0, 0.1) is 11.7 Å². The summed E-state index contributed by atoms with van der Waals surface area (Å²) < 4.78 is 50.8. The molecule has 0 amide bonds. The molecule has 0 radical (unpaired) electrons. The second-order valence-corrected chi connectivity index (χ2v) is 5.12. The number of hydrogen-bond donors (Lipinski definition) is 2. The van der Waals surface area contributed by atoms with Gasteiger partial charge in [0.15, 0.2) is 0 Å². The van der Waals surface area contributed by atoms with Crippen LogP contribution < -0.4 is 10.6 Å². The minimum absolute atomic E-state index is 0.127. The Kier molecular flexibility index (Phi) is 4.86. The molecule has 1 aromatic carbocycles. The highest BCUT2D eigenvalue weighted by atomic mass is 19.4. The third kappa shape index (κ3) is 4.10. The molecular formula is C14H18F4N2. The molecule has 1 saturated heterocycles. The average Bonchev–Trinajstić information content (AvgIpc) is 2.40. The molecule has 2 rings (SSSR count). The lowest BCUT2D eigenvalue weighted by atomic mass is 9.96. The first-order valence-corrected chi connectivity index (χ1v) is 6.78. The first-order valence-electron chi connectivity index (χ1n) is 6.78. The van der Waals surface area contributed by atoms with Gasteiger partial charge in [0.05, 0.1) is 11.3 Å². The zero-order valence-electron chi connectivity index (χ0n) is 11.1. The van der Waals surface area contributed by atoms with Crippen molar-refractivity contribution in [3.63, 3.8) is 0 Å². The number of benzene rings is 1. The van der Waals surface area contributed by atoms with Crippen LogP contribution in [-0.4, -0.2) is 19.6 Å². The molecule has 1 heterocycles. The lowest BCUT2D eigenvalue weighted by Gasteiger charge is -2.22. The quantitative estimate of drug-likeness (QED) is 0.827. The maximum absolute atomic E-state index is 13.6. The van der Waals surface area contributed by atoms with Crippen LogP contribution in [0.3, 0.4) is 0 Å². The Bertz CT molecular complexity index is 439. The Morgan fingerprint density at radius 3 is 2.70 bits per heavy atom. The van der Waals surface area contributed by atoms with Crippen LogP contribution in [0.25, 0.3) is 0 Å². The SMILES string of the molecule is Fc1cc(C(F)(F)F)ccc1NCCC1CCCNC1. The van der Waals surface area contributed by atoms with Gasteiger partial charge in [0, 0.05) is 6.54 Å². The summed E-state index contributed by atoms with van der Waals surface area (Å²) in [5, 5.41) is 6.16. The molecule has 0 bridgehead atoms. The van der Waals surface area contributed by atoms with Crippen molar-refractivity contribution in [1.29, 1.82) is 0 Å². The first kappa shape index (κ1) is 15.1. The molecular weight excluding hydrogens is 272 g/mol. The molecule has 1 aliphatic heterocycles. The Hall–Kier alpha value is -1.30. The molecule has 112 valence electrons. The van der Waals surface area contributed by atoms with Crippen LogP contribution >= 0.6 is 0 Å². The molecule has 1 fully saturated rings. The van der Waals surface area contributed by atoms with E-state index in [0.29, 0.717) is 18.5 Å². The smallest absolute Gasteiger partial charge is 0.383 e. The molecule has 0 saturated carbocycles. The van der Waals surface area contributed by atoms with Crippen molar-refractivity contribution >= 4 is 5.69 Å². The fraction of sp³-hybridized carbons (Fsp3) is 0.571. The van der Waals surface area contributed by atoms with Crippen molar-refractivity contribution in [3.05, 3.63) is 29.6 Å². The van der Waals surface area contributed by atoms with Gasteiger partial charge in [0.1, 0.15) is 5.82 Å². The zero-order chi connectivity index (χ0) is 14.6. The standard InChI is InChI=1S/C14H18F4N2/c15-12-8-11(14(16,17)18)3-4-13(12)20-7-5-10-2-1-6-19-9-10/h3-4,8,10,19-20H,1-2,5-7,9H2. The van der Waals surface area contributed by atoms with Crippen molar-refractivity contribution in [2.24, 2.45) is 5.92 Å². The molecule has 6 heteroatoms. The summed E-state index contributed by atoms with van der Waals surface area (Å²) in [4.78, 5) is 0. The molecule has 0 aliphatic carbocycles. The molecule has 1 unspecified atom stereocenters. The van der Waals surface area contributed by atoms with E-state index in [0.717, 1.165) is 44.5 Å².